The van der Waals surface area contributed by atoms with Crippen LogP contribution in [0.1, 0.15) is 229 Å². The molecule has 2 unspecified atom stereocenters. The Kier molecular flexibility index (Phi) is 23.7. The number of rotatable bonds is 16. The average Bonchev–Trinajstić information content (AvgIpc) is 1.38. The Balaban J connectivity index is 0.000000134. The molecule has 0 saturated heterocycles. The highest BCUT2D eigenvalue weighted by Gasteiger charge is 2.49. The summed E-state index contributed by atoms with van der Waals surface area (Å²) in [5, 5.41) is 30.8. The second-order valence-corrected chi connectivity index (χ2v) is 32.3. The van der Waals surface area contributed by atoms with Crippen molar-refractivity contribution >= 4 is 117 Å². The molecule has 0 aliphatic heterocycles. The minimum atomic E-state index is -0.272. The van der Waals surface area contributed by atoms with E-state index in [4.69, 9.17) is 84.9 Å². The molecule has 106 heavy (non-hydrogen) atoms. The Labute approximate surface area is 650 Å². The monoisotopic (exact) mass is 1540 g/mol. The first kappa shape index (κ1) is 74.8. The Hall–Kier alpha value is -8.02. The third-order valence-corrected chi connectivity index (χ3v) is 24.0. The molecule has 21 heteroatoms. The van der Waals surface area contributed by atoms with E-state index in [0.29, 0.717) is 88.9 Å². The summed E-state index contributed by atoms with van der Waals surface area (Å²) in [4.78, 5) is 57.9. The molecule has 4 N–H and O–H groups in total. The van der Waals surface area contributed by atoms with Crippen molar-refractivity contribution < 1.29 is 19.2 Å². The summed E-state index contributed by atoms with van der Waals surface area (Å²) in [5.41, 5.74) is 14.7. The average molecular weight is 1540 g/mol. The standard InChI is InChI=1S/C29H24Cl3N3O.C28H23Cl3N4O.C28H42N4O2/c1-18(20-6-3-2-4-7-20)33-29(36)27-24-9-5-8-21(16-19-10-12-22(30)13-11-19)28(24)35(34-27)26-15-14-23(31)17-25(26)32;1-17(24-7-2-3-14-32-24)33-28(36)26-22-6-4-5-19(15-18-8-10-20(29)11-9-18)27(22)35(34-26)25-13-12-21(30)16-23(25)31;1-2-10-29-27(33)19-8-9-24-23(16-19)26(31-32(24)22-6-4-3-5-7-22)28(34)30-25-20-12-17-11-18(14-20)15-21(25)13-17/h2-4,6-7,10-18H,5,8-9H2,1H3,(H,33,36);2-3,7-17H,4-6H2,1H3,(H,33,36);17-22,25H,2-16H2,1H3,(H,29,33)(H,30,34)/b21-16+;19-15+;/t18-;;/m1../s1. The van der Waals surface area contributed by atoms with Crippen LogP contribution in [0.15, 0.2) is 140 Å². The Morgan fingerprint density at radius 2 is 1.05 bits per heavy atom. The van der Waals surface area contributed by atoms with E-state index in [9.17, 15) is 19.2 Å². The van der Waals surface area contributed by atoms with Gasteiger partial charge in [0.25, 0.3) is 17.7 Å². The second kappa shape index (κ2) is 33.6. The highest BCUT2D eigenvalue weighted by molar-refractivity contribution is 6.36. The highest BCUT2D eigenvalue weighted by Crippen LogP contribution is 2.54. The van der Waals surface area contributed by atoms with Crippen LogP contribution in [0.2, 0.25) is 30.1 Å². The predicted molar refractivity (Wildman–Crippen MR) is 426 cm³/mol. The van der Waals surface area contributed by atoms with Crippen LogP contribution in [0.3, 0.4) is 0 Å². The number of amides is 4. The van der Waals surface area contributed by atoms with Crippen molar-refractivity contribution in [2.24, 2.45) is 29.6 Å². The molecular formula is C85H89Cl6N11O4. The maximum atomic E-state index is 13.8. The Morgan fingerprint density at radius 3 is 1.57 bits per heavy atom. The van der Waals surface area contributed by atoms with Gasteiger partial charge in [-0.3, -0.25) is 28.8 Å². The number of hydrogen-bond acceptors (Lipinski definition) is 8. The number of fused-ring (bicyclic) bond motifs is 3. The van der Waals surface area contributed by atoms with Crippen LogP contribution >= 0.6 is 69.6 Å². The van der Waals surface area contributed by atoms with Gasteiger partial charge < -0.3 is 21.3 Å². The zero-order valence-corrected chi connectivity index (χ0v) is 64.5. The third kappa shape index (κ3) is 16.8. The van der Waals surface area contributed by atoms with Crippen LogP contribution in [0.25, 0.3) is 34.7 Å². The van der Waals surface area contributed by atoms with Crippen molar-refractivity contribution in [3.05, 3.63) is 243 Å². The summed E-state index contributed by atoms with van der Waals surface area (Å²) >= 11 is 37.7. The van der Waals surface area contributed by atoms with Gasteiger partial charge >= 0.3 is 0 Å². The summed E-state index contributed by atoms with van der Waals surface area (Å²) < 4.78 is 5.78. The molecule has 5 saturated carbocycles. The number of pyridine rings is 1. The van der Waals surface area contributed by atoms with Gasteiger partial charge in [0.1, 0.15) is 0 Å². The van der Waals surface area contributed by atoms with Crippen LogP contribution in [0, 0.1) is 29.6 Å². The summed E-state index contributed by atoms with van der Waals surface area (Å²) in [6.07, 6.45) is 27.0. The van der Waals surface area contributed by atoms with Gasteiger partial charge in [-0.25, -0.2) is 9.36 Å². The number of carbonyl (C=O) groups is 4. The SMILES string of the molecule is CC(NC(=O)c1nn(-c2ccc(Cl)cc2Cl)c2c1CCC/C2=C\c1ccc(Cl)cc1)c1ccccn1.CCCNC(=O)C1CCc2c(c(C(=O)NC3C4CC5CC(C4)CC3C5)nn2C2CCCCC2)C1.C[C@@H](NC(=O)c1nn(-c2ccc(Cl)cc2Cl)c2c1CCC/C2=C\c1ccc(Cl)cc1)c1ccccc1. The molecule has 4 amide bonds. The molecule has 4 heterocycles. The van der Waals surface area contributed by atoms with Gasteiger partial charge in [-0.05, 0) is 259 Å². The predicted octanol–water partition coefficient (Wildman–Crippen LogP) is 20.4. The van der Waals surface area contributed by atoms with Crippen molar-refractivity contribution in [1.82, 2.24) is 55.6 Å². The van der Waals surface area contributed by atoms with Crippen molar-refractivity contribution in [3.63, 3.8) is 0 Å². The first-order valence-electron chi connectivity index (χ1n) is 37.8. The lowest BCUT2D eigenvalue weighted by Crippen LogP contribution is -2.56. The molecule has 4 aromatic heterocycles. The van der Waals surface area contributed by atoms with Gasteiger partial charge in [0.05, 0.1) is 56.6 Å². The largest absolute Gasteiger partial charge is 0.356 e. The van der Waals surface area contributed by atoms with Crippen molar-refractivity contribution in [3.8, 4) is 11.4 Å². The summed E-state index contributed by atoms with van der Waals surface area (Å²) in [5.74, 6) is 2.78. The lowest BCUT2D eigenvalue weighted by Gasteiger charge is -2.54. The van der Waals surface area contributed by atoms with Crippen LogP contribution < -0.4 is 21.3 Å². The van der Waals surface area contributed by atoms with Gasteiger partial charge in [0.2, 0.25) is 5.91 Å². The number of aromatic nitrogens is 7. The van der Waals surface area contributed by atoms with Crippen LogP contribution in [-0.2, 0) is 30.5 Å². The van der Waals surface area contributed by atoms with Gasteiger partial charge in [0, 0.05) is 67.2 Å². The van der Waals surface area contributed by atoms with Crippen molar-refractivity contribution in [2.75, 3.05) is 6.54 Å². The summed E-state index contributed by atoms with van der Waals surface area (Å²) in [6.45, 7) is 6.69. The molecule has 5 aromatic carbocycles. The van der Waals surface area contributed by atoms with Crippen LogP contribution in [-0.4, -0.2) is 70.5 Å². The number of halogens is 6. The van der Waals surface area contributed by atoms with Gasteiger partial charge in [-0.1, -0.05) is 156 Å². The number of nitrogens with one attached hydrogen (secondary N) is 4. The Bertz CT molecular complexity index is 4500. The minimum absolute atomic E-state index is 0.0258. The lowest BCUT2D eigenvalue weighted by molar-refractivity contribution is -0.125. The second-order valence-electron chi connectivity index (χ2n) is 29.7. The molecule has 550 valence electrons. The van der Waals surface area contributed by atoms with E-state index < -0.39 is 0 Å². The van der Waals surface area contributed by atoms with E-state index in [2.05, 4.69) is 50.0 Å². The molecule has 17 rings (SSSR count). The number of allylic oxidation sites excluding steroid dienone is 2. The fourth-order valence-corrected chi connectivity index (χ4v) is 18.7. The smallest absolute Gasteiger partial charge is 0.272 e. The van der Waals surface area contributed by atoms with E-state index in [1.165, 1.54) is 57.1 Å². The Morgan fingerprint density at radius 1 is 0.528 bits per heavy atom. The fourth-order valence-electron chi connectivity index (χ4n) is 17.5. The maximum absolute atomic E-state index is 13.8. The van der Waals surface area contributed by atoms with E-state index in [1.807, 2.05) is 123 Å². The first-order chi connectivity index (χ1) is 51.4. The minimum Gasteiger partial charge on any atom is -0.356 e. The first-order valence-corrected chi connectivity index (χ1v) is 40.0. The molecular weight excluding hydrogens is 1450 g/mol. The number of benzene rings is 5. The van der Waals surface area contributed by atoms with E-state index in [0.717, 1.165) is 151 Å². The molecule has 15 nitrogen and oxygen atoms in total. The number of carbonyl (C=O) groups excluding carboxylic acids is 4. The van der Waals surface area contributed by atoms with Gasteiger partial charge in [-0.15, -0.1) is 0 Å². The third-order valence-electron chi connectivity index (χ3n) is 22.5. The zero-order valence-electron chi connectivity index (χ0n) is 60.0. The molecule has 4 bridgehead atoms. The van der Waals surface area contributed by atoms with Gasteiger partial charge in [-0.2, -0.15) is 15.3 Å². The number of hydrogen-bond donors (Lipinski definition) is 4. The van der Waals surface area contributed by atoms with Crippen molar-refractivity contribution in [2.45, 2.75) is 173 Å². The topological polar surface area (TPSA) is 183 Å². The summed E-state index contributed by atoms with van der Waals surface area (Å²) in [7, 11) is 0. The normalized spacial score (nSPS) is 21.3. The molecule has 0 radical (unpaired) electrons. The molecule has 0 spiro atoms. The van der Waals surface area contributed by atoms with Crippen LogP contribution in [0.5, 0.6) is 0 Å². The highest BCUT2D eigenvalue weighted by atomic mass is 35.5. The quantitative estimate of drug-likeness (QED) is 0.0737. The summed E-state index contributed by atoms with van der Waals surface area (Å²) in [6, 6.07) is 41.8. The van der Waals surface area contributed by atoms with E-state index >= 15 is 0 Å². The van der Waals surface area contributed by atoms with E-state index in [-0.39, 0.29) is 41.6 Å². The zero-order chi connectivity index (χ0) is 73.7. The number of nitrogens with zero attached hydrogens (tertiary/aromatic N) is 7. The van der Waals surface area contributed by atoms with Crippen LogP contribution in [0.4, 0.5) is 0 Å². The molecule has 5 fully saturated rings. The molecule has 9 aromatic rings. The van der Waals surface area contributed by atoms with Crippen molar-refractivity contribution in [1.29, 1.82) is 0 Å². The maximum Gasteiger partial charge on any atom is 0.272 e. The van der Waals surface area contributed by atoms with E-state index in [1.54, 1.807) is 39.8 Å². The lowest BCUT2D eigenvalue weighted by atomic mass is 9.54. The molecule has 8 aliphatic rings. The molecule has 8 aliphatic carbocycles. The van der Waals surface area contributed by atoms with Gasteiger partial charge in [0.15, 0.2) is 17.1 Å². The fraction of sp³-hybridized carbons (Fsp3) is 0.388. The molecule has 3 atom stereocenters.